The van der Waals surface area contributed by atoms with Gasteiger partial charge in [0, 0.05) is 6.20 Å². The van der Waals surface area contributed by atoms with Crippen molar-refractivity contribution in [2.24, 2.45) is 0 Å². The first-order valence-corrected chi connectivity index (χ1v) is 8.59. The SMILES string of the molecule is O=C(C[NH+]1CCN(C(=O)c2ccccn2)CC1)Nc1ccccc1Cl. The van der Waals surface area contributed by atoms with Crippen molar-refractivity contribution < 1.29 is 14.5 Å². The molecule has 0 radical (unpaired) electrons. The summed E-state index contributed by atoms with van der Waals surface area (Å²) in [5, 5.41) is 3.36. The third kappa shape index (κ3) is 4.55. The molecule has 1 aliphatic heterocycles. The van der Waals surface area contributed by atoms with Gasteiger partial charge < -0.3 is 15.1 Å². The first-order chi connectivity index (χ1) is 12.1. The quantitative estimate of drug-likeness (QED) is 0.845. The van der Waals surface area contributed by atoms with Gasteiger partial charge >= 0.3 is 0 Å². The number of pyridine rings is 1. The van der Waals surface area contributed by atoms with Crippen LogP contribution < -0.4 is 10.2 Å². The maximum absolute atomic E-state index is 12.4. The molecule has 1 fully saturated rings. The van der Waals surface area contributed by atoms with Crippen molar-refractivity contribution >= 4 is 29.1 Å². The van der Waals surface area contributed by atoms with Gasteiger partial charge in [0.1, 0.15) is 5.69 Å². The highest BCUT2D eigenvalue weighted by Gasteiger charge is 2.26. The lowest BCUT2D eigenvalue weighted by molar-refractivity contribution is -0.895. The predicted octanol–water partition coefficient (Wildman–Crippen LogP) is 0.714. The number of carbonyl (C=O) groups excluding carboxylic acids is 2. The lowest BCUT2D eigenvalue weighted by atomic mass is 10.2. The van der Waals surface area contributed by atoms with E-state index in [1.54, 1.807) is 41.4 Å². The minimum absolute atomic E-state index is 0.0554. The van der Waals surface area contributed by atoms with Crippen molar-refractivity contribution in [3.8, 4) is 0 Å². The van der Waals surface area contributed by atoms with E-state index in [1.807, 2.05) is 12.1 Å². The Hall–Kier alpha value is -2.44. The van der Waals surface area contributed by atoms with Crippen LogP contribution in [0.1, 0.15) is 10.5 Å². The fourth-order valence-corrected chi connectivity index (χ4v) is 3.02. The zero-order chi connectivity index (χ0) is 17.6. The van der Waals surface area contributed by atoms with E-state index in [-0.39, 0.29) is 11.8 Å². The van der Waals surface area contributed by atoms with Crippen LogP contribution in [-0.4, -0.2) is 54.4 Å². The van der Waals surface area contributed by atoms with E-state index in [0.717, 1.165) is 18.0 Å². The second-order valence-electron chi connectivity index (χ2n) is 5.96. The Morgan fingerprint density at radius 2 is 1.84 bits per heavy atom. The first kappa shape index (κ1) is 17.4. The highest BCUT2D eigenvalue weighted by molar-refractivity contribution is 6.33. The van der Waals surface area contributed by atoms with Crippen LogP contribution in [0.3, 0.4) is 0 Å². The Morgan fingerprint density at radius 3 is 2.52 bits per heavy atom. The molecule has 3 rings (SSSR count). The molecule has 0 spiro atoms. The summed E-state index contributed by atoms with van der Waals surface area (Å²) in [5.74, 6) is -0.132. The van der Waals surface area contributed by atoms with E-state index >= 15 is 0 Å². The Bertz CT molecular complexity index is 746. The lowest BCUT2D eigenvalue weighted by Crippen LogP contribution is -3.15. The van der Waals surface area contributed by atoms with Crippen LogP contribution in [0.5, 0.6) is 0 Å². The smallest absolute Gasteiger partial charge is 0.279 e. The number of benzene rings is 1. The molecular formula is C18H20ClN4O2+. The van der Waals surface area contributed by atoms with E-state index < -0.39 is 0 Å². The van der Waals surface area contributed by atoms with Gasteiger partial charge in [-0.1, -0.05) is 29.8 Å². The van der Waals surface area contributed by atoms with Crippen molar-refractivity contribution in [2.75, 3.05) is 38.0 Å². The number of quaternary nitrogens is 1. The van der Waals surface area contributed by atoms with E-state index in [2.05, 4.69) is 10.3 Å². The number of nitrogens with zero attached hydrogens (tertiary/aromatic N) is 2. The summed E-state index contributed by atoms with van der Waals surface area (Å²) in [6.45, 7) is 3.05. The van der Waals surface area contributed by atoms with Gasteiger partial charge in [-0.2, -0.15) is 0 Å². The average Bonchev–Trinajstić information content (AvgIpc) is 2.64. The highest BCUT2D eigenvalue weighted by Crippen LogP contribution is 2.19. The average molecular weight is 360 g/mol. The van der Waals surface area contributed by atoms with Crippen molar-refractivity contribution in [1.29, 1.82) is 0 Å². The Morgan fingerprint density at radius 1 is 1.12 bits per heavy atom. The van der Waals surface area contributed by atoms with Gasteiger partial charge in [0.15, 0.2) is 6.54 Å². The molecule has 0 bridgehead atoms. The standard InChI is InChI=1S/C18H19ClN4O2/c19-14-5-1-2-6-15(14)21-17(24)13-22-9-11-23(12-10-22)18(25)16-7-3-4-8-20-16/h1-8H,9-13H2,(H,21,24)/p+1. The largest absolute Gasteiger partial charge is 0.326 e. The third-order valence-electron chi connectivity index (χ3n) is 4.20. The second kappa shape index (κ2) is 8.09. The zero-order valence-electron chi connectivity index (χ0n) is 13.7. The van der Waals surface area contributed by atoms with E-state index in [4.69, 9.17) is 11.6 Å². The van der Waals surface area contributed by atoms with Crippen molar-refractivity contribution in [2.45, 2.75) is 0 Å². The van der Waals surface area contributed by atoms with Crippen LogP contribution in [0.2, 0.25) is 5.02 Å². The summed E-state index contributed by atoms with van der Waals surface area (Å²) < 4.78 is 0. The number of hydrogen-bond acceptors (Lipinski definition) is 3. The molecule has 0 unspecified atom stereocenters. The molecule has 1 aromatic carbocycles. The number of hydrogen-bond donors (Lipinski definition) is 2. The summed E-state index contributed by atoms with van der Waals surface area (Å²) in [7, 11) is 0. The number of para-hydroxylation sites is 1. The molecule has 1 aromatic heterocycles. The molecule has 2 amide bonds. The van der Waals surface area contributed by atoms with Gasteiger partial charge in [0.25, 0.3) is 11.8 Å². The number of halogens is 1. The van der Waals surface area contributed by atoms with Gasteiger partial charge in [-0.3, -0.25) is 14.6 Å². The number of piperazine rings is 1. The predicted molar refractivity (Wildman–Crippen MR) is 95.8 cm³/mol. The molecule has 1 aliphatic rings. The second-order valence-corrected chi connectivity index (χ2v) is 6.37. The molecule has 1 saturated heterocycles. The van der Waals surface area contributed by atoms with Gasteiger partial charge in [0.2, 0.25) is 0 Å². The van der Waals surface area contributed by atoms with Gasteiger partial charge in [-0.15, -0.1) is 0 Å². The fourth-order valence-electron chi connectivity index (χ4n) is 2.84. The zero-order valence-corrected chi connectivity index (χ0v) is 14.5. The van der Waals surface area contributed by atoms with Crippen LogP contribution in [0.4, 0.5) is 5.69 Å². The Balaban J connectivity index is 1.48. The minimum Gasteiger partial charge on any atom is -0.326 e. The van der Waals surface area contributed by atoms with Crippen LogP contribution >= 0.6 is 11.6 Å². The summed E-state index contributed by atoms with van der Waals surface area (Å²) in [6.07, 6.45) is 1.62. The van der Waals surface area contributed by atoms with Crippen molar-refractivity contribution in [3.63, 3.8) is 0 Å². The maximum atomic E-state index is 12.4. The molecule has 2 N–H and O–H groups in total. The molecule has 0 saturated carbocycles. The van der Waals surface area contributed by atoms with Crippen LogP contribution in [0.15, 0.2) is 48.7 Å². The van der Waals surface area contributed by atoms with Crippen LogP contribution in [0, 0.1) is 0 Å². The summed E-state index contributed by atoms with van der Waals surface area (Å²) >= 11 is 6.05. The number of carbonyl (C=O) groups is 2. The van der Waals surface area contributed by atoms with Gasteiger partial charge in [0.05, 0.1) is 36.9 Å². The highest BCUT2D eigenvalue weighted by atomic mass is 35.5. The fraction of sp³-hybridized carbons (Fsp3) is 0.278. The van der Waals surface area contributed by atoms with E-state index in [1.165, 1.54) is 0 Å². The maximum Gasteiger partial charge on any atom is 0.279 e. The lowest BCUT2D eigenvalue weighted by Gasteiger charge is -2.31. The Labute approximate surface area is 151 Å². The molecule has 25 heavy (non-hydrogen) atoms. The molecule has 6 nitrogen and oxygen atoms in total. The first-order valence-electron chi connectivity index (χ1n) is 8.22. The molecule has 0 atom stereocenters. The molecule has 0 aliphatic carbocycles. The number of anilines is 1. The molecule has 2 aromatic rings. The van der Waals surface area contributed by atoms with E-state index in [9.17, 15) is 9.59 Å². The van der Waals surface area contributed by atoms with Gasteiger partial charge in [-0.25, -0.2) is 0 Å². The number of amides is 2. The van der Waals surface area contributed by atoms with Crippen LogP contribution in [0.25, 0.3) is 0 Å². The number of aromatic nitrogens is 1. The topological polar surface area (TPSA) is 66.7 Å². The summed E-state index contributed by atoms with van der Waals surface area (Å²) in [5.41, 5.74) is 1.08. The molecule has 2 heterocycles. The minimum atomic E-state index is -0.0763. The summed E-state index contributed by atoms with van der Waals surface area (Å²) in [6, 6.07) is 12.5. The van der Waals surface area contributed by atoms with Gasteiger partial charge in [-0.05, 0) is 24.3 Å². The van der Waals surface area contributed by atoms with E-state index in [0.29, 0.717) is 36.0 Å². The Kier molecular flexibility index (Phi) is 5.63. The number of nitrogens with one attached hydrogen (secondary N) is 2. The normalized spacial score (nSPS) is 15.0. The van der Waals surface area contributed by atoms with Crippen molar-refractivity contribution in [1.82, 2.24) is 9.88 Å². The monoisotopic (exact) mass is 359 g/mol. The summed E-state index contributed by atoms with van der Waals surface area (Å²) in [4.78, 5) is 31.6. The molecular weight excluding hydrogens is 340 g/mol. The van der Waals surface area contributed by atoms with Crippen LogP contribution in [-0.2, 0) is 4.79 Å². The molecule has 7 heteroatoms. The molecule has 130 valence electrons. The van der Waals surface area contributed by atoms with Crippen molar-refractivity contribution in [3.05, 3.63) is 59.4 Å². The third-order valence-corrected chi connectivity index (χ3v) is 4.53. The number of rotatable bonds is 4.